The highest BCUT2D eigenvalue weighted by atomic mass is 16.4. The van der Waals surface area contributed by atoms with E-state index in [0.29, 0.717) is 12.1 Å². The SMILES string of the molecule is CC(=O)NCc1ccc(C(=O)N[C@@H](C)C(=O)O)cc1. The molecule has 2 amide bonds. The van der Waals surface area contributed by atoms with Gasteiger partial charge in [0.2, 0.25) is 5.91 Å². The number of carboxylic acid groups (broad SMARTS) is 1. The molecule has 0 fully saturated rings. The van der Waals surface area contributed by atoms with Gasteiger partial charge in [0, 0.05) is 19.0 Å². The first-order chi connectivity index (χ1) is 8.90. The van der Waals surface area contributed by atoms with Gasteiger partial charge in [-0.15, -0.1) is 0 Å². The van der Waals surface area contributed by atoms with Crippen LogP contribution in [0.25, 0.3) is 0 Å². The third-order valence-corrected chi connectivity index (χ3v) is 2.48. The van der Waals surface area contributed by atoms with Crippen LogP contribution in [0.15, 0.2) is 24.3 Å². The summed E-state index contributed by atoms with van der Waals surface area (Å²) in [6.07, 6.45) is 0. The molecule has 0 unspecified atom stereocenters. The van der Waals surface area contributed by atoms with Gasteiger partial charge in [0.05, 0.1) is 0 Å². The molecule has 1 rings (SSSR count). The summed E-state index contributed by atoms with van der Waals surface area (Å²) in [5.74, 6) is -1.66. The standard InChI is InChI=1S/C13H16N2O4/c1-8(13(18)19)15-12(17)11-5-3-10(4-6-11)7-14-9(2)16/h3-6,8H,7H2,1-2H3,(H,14,16)(H,15,17)(H,18,19)/t8-/m0/s1. The quantitative estimate of drug-likeness (QED) is 0.722. The molecule has 0 aliphatic heterocycles. The highest BCUT2D eigenvalue weighted by Gasteiger charge is 2.14. The highest BCUT2D eigenvalue weighted by molar-refractivity contribution is 5.96. The van der Waals surface area contributed by atoms with Gasteiger partial charge in [-0.3, -0.25) is 14.4 Å². The summed E-state index contributed by atoms with van der Waals surface area (Å²) in [5, 5.41) is 13.7. The molecular weight excluding hydrogens is 248 g/mol. The van der Waals surface area contributed by atoms with Gasteiger partial charge in [-0.05, 0) is 24.6 Å². The largest absolute Gasteiger partial charge is 0.480 e. The number of hydrogen-bond acceptors (Lipinski definition) is 3. The van der Waals surface area contributed by atoms with Crippen molar-refractivity contribution in [1.82, 2.24) is 10.6 Å². The van der Waals surface area contributed by atoms with Crippen LogP contribution in [0.3, 0.4) is 0 Å². The summed E-state index contributed by atoms with van der Waals surface area (Å²) in [6, 6.07) is 5.64. The smallest absolute Gasteiger partial charge is 0.325 e. The monoisotopic (exact) mass is 264 g/mol. The van der Waals surface area contributed by atoms with Crippen molar-refractivity contribution in [3.05, 3.63) is 35.4 Å². The maximum Gasteiger partial charge on any atom is 0.325 e. The molecule has 0 saturated heterocycles. The summed E-state index contributed by atoms with van der Waals surface area (Å²) >= 11 is 0. The summed E-state index contributed by atoms with van der Waals surface area (Å²) in [6.45, 7) is 3.21. The number of carbonyl (C=O) groups excluding carboxylic acids is 2. The molecule has 19 heavy (non-hydrogen) atoms. The predicted molar refractivity (Wildman–Crippen MR) is 68.5 cm³/mol. The Balaban J connectivity index is 2.62. The van der Waals surface area contributed by atoms with Gasteiger partial charge >= 0.3 is 5.97 Å². The van der Waals surface area contributed by atoms with Crippen LogP contribution in [0.4, 0.5) is 0 Å². The van der Waals surface area contributed by atoms with Crippen LogP contribution in [0.5, 0.6) is 0 Å². The molecule has 0 bridgehead atoms. The molecule has 6 nitrogen and oxygen atoms in total. The minimum absolute atomic E-state index is 0.128. The number of aliphatic carboxylic acids is 1. The lowest BCUT2D eigenvalue weighted by atomic mass is 10.1. The van der Waals surface area contributed by atoms with Crippen molar-refractivity contribution >= 4 is 17.8 Å². The number of rotatable bonds is 5. The van der Waals surface area contributed by atoms with Crippen LogP contribution >= 0.6 is 0 Å². The lowest BCUT2D eigenvalue weighted by Gasteiger charge is -2.09. The average molecular weight is 264 g/mol. The number of benzene rings is 1. The van der Waals surface area contributed by atoms with Gasteiger partial charge in [-0.1, -0.05) is 12.1 Å². The Kier molecular flexibility index (Phi) is 5.05. The van der Waals surface area contributed by atoms with Crippen LogP contribution in [-0.4, -0.2) is 28.9 Å². The molecular formula is C13H16N2O4. The first-order valence-corrected chi connectivity index (χ1v) is 5.77. The van der Waals surface area contributed by atoms with Crippen LogP contribution in [0.2, 0.25) is 0 Å². The fourth-order valence-corrected chi connectivity index (χ4v) is 1.34. The number of nitrogens with one attached hydrogen (secondary N) is 2. The topological polar surface area (TPSA) is 95.5 Å². The molecule has 0 aromatic heterocycles. The van der Waals surface area contributed by atoms with Crippen molar-refractivity contribution in [2.45, 2.75) is 26.4 Å². The van der Waals surface area contributed by atoms with Gasteiger partial charge < -0.3 is 15.7 Å². The molecule has 3 N–H and O–H groups in total. The Bertz CT molecular complexity index is 482. The number of carbonyl (C=O) groups is 3. The zero-order valence-corrected chi connectivity index (χ0v) is 10.8. The van der Waals surface area contributed by atoms with E-state index in [1.807, 2.05) is 0 Å². The summed E-state index contributed by atoms with van der Waals surface area (Å²) < 4.78 is 0. The van der Waals surface area contributed by atoms with E-state index in [1.54, 1.807) is 24.3 Å². The second kappa shape index (κ2) is 6.53. The van der Waals surface area contributed by atoms with Crippen molar-refractivity contribution in [3.63, 3.8) is 0 Å². The fraction of sp³-hybridized carbons (Fsp3) is 0.308. The minimum atomic E-state index is -1.09. The Hall–Kier alpha value is -2.37. The number of hydrogen-bond donors (Lipinski definition) is 3. The Morgan fingerprint density at radius 3 is 2.26 bits per heavy atom. The zero-order chi connectivity index (χ0) is 14.4. The molecule has 1 aromatic carbocycles. The first-order valence-electron chi connectivity index (χ1n) is 5.77. The summed E-state index contributed by atoms with van der Waals surface area (Å²) in [7, 11) is 0. The minimum Gasteiger partial charge on any atom is -0.480 e. The van der Waals surface area contributed by atoms with Crippen molar-refractivity contribution in [2.24, 2.45) is 0 Å². The van der Waals surface area contributed by atoms with Gasteiger partial charge in [0.15, 0.2) is 0 Å². The molecule has 0 saturated carbocycles. The van der Waals surface area contributed by atoms with E-state index in [1.165, 1.54) is 13.8 Å². The third kappa shape index (κ3) is 4.79. The van der Waals surface area contributed by atoms with Gasteiger partial charge in [-0.2, -0.15) is 0 Å². The van der Waals surface area contributed by atoms with E-state index in [2.05, 4.69) is 10.6 Å². The Morgan fingerprint density at radius 2 is 1.79 bits per heavy atom. The van der Waals surface area contributed by atoms with Crippen LogP contribution in [-0.2, 0) is 16.1 Å². The normalized spacial score (nSPS) is 11.5. The van der Waals surface area contributed by atoms with E-state index >= 15 is 0 Å². The van der Waals surface area contributed by atoms with E-state index in [4.69, 9.17) is 5.11 Å². The summed E-state index contributed by atoms with van der Waals surface area (Å²) in [4.78, 5) is 33.1. The molecule has 102 valence electrons. The maximum atomic E-state index is 11.7. The molecule has 6 heteroatoms. The number of amides is 2. The Labute approximate surface area is 110 Å². The molecule has 1 atom stereocenters. The van der Waals surface area contributed by atoms with Crippen molar-refractivity contribution in [2.75, 3.05) is 0 Å². The van der Waals surface area contributed by atoms with Gasteiger partial charge in [-0.25, -0.2) is 0 Å². The van der Waals surface area contributed by atoms with Crippen LogP contribution < -0.4 is 10.6 Å². The van der Waals surface area contributed by atoms with Crippen molar-refractivity contribution in [1.29, 1.82) is 0 Å². The van der Waals surface area contributed by atoms with E-state index in [-0.39, 0.29) is 5.91 Å². The average Bonchev–Trinajstić information content (AvgIpc) is 2.36. The molecule has 0 spiro atoms. The van der Waals surface area contributed by atoms with Gasteiger partial charge in [0.1, 0.15) is 6.04 Å². The van der Waals surface area contributed by atoms with Gasteiger partial charge in [0.25, 0.3) is 5.91 Å². The Morgan fingerprint density at radius 1 is 1.21 bits per heavy atom. The van der Waals surface area contributed by atoms with Crippen LogP contribution in [0, 0.1) is 0 Å². The van der Waals surface area contributed by atoms with E-state index in [9.17, 15) is 14.4 Å². The second-order valence-corrected chi connectivity index (χ2v) is 4.14. The molecule has 1 aromatic rings. The lowest BCUT2D eigenvalue weighted by molar-refractivity contribution is -0.138. The molecule has 0 heterocycles. The first kappa shape index (κ1) is 14.7. The predicted octanol–water partition coefficient (Wildman–Crippen LogP) is 0.526. The maximum absolute atomic E-state index is 11.7. The lowest BCUT2D eigenvalue weighted by Crippen LogP contribution is -2.38. The second-order valence-electron chi connectivity index (χ2n) is 4.14. The van der Waals surface area contributed by atoms with E-state index < -0.39 is 17.9 Å². The van der Waals surface area contributed by atoms with E-state index in [0.717, 1.165) is 5.56 Å². The number of carboxylic acids is 1. The van der Waals surface area contributed by atoms with Crippen molar-refractivity contribution < 1.29 is 19.5 Å². The zero-order valence-electron chi connectivity index (χ0n) is 10.8. The summed E-state index contributed by atoms with van der Waals surface area (Å²) in [5.41, 5.74) is 1.23. The van der Waals surface area contributed by atoms with Crippen LogP contribution in [0.1, 0.15) is 29.8 Å². The molecule has 0 radical (unpaired) electrons. The molecule has 0 aliphatic rings. The fourth-order valence-electron chi connectivity index (χ4n) is 1.34. The van der Waals surface area contributed by atoms with Crippen molar-refractivity contribution in [3.8, 4) is 0 Å². The third-order valence-electron chi connectivity index (χ3n) is 2.48. The highest BCUT2D eigenvalue weighted by Crippen LogP contribution is 2.04. The molecule has 0 aliphatic carbocycles.